The predicted molar refractivity (Wildman–Crippen MR) is 125 cm³/mol. The lowest BCUT2D eigenvalue weighted by Gasteiger charge is -2.46. The second-order valence-corrected chi connectivity index (χ2v) is 13.5. The smallest absolute Gasteiger partial charge is 0.261 e. The van der Waals surface area contributed by atoms with Crippen molar-refractivity contribution < 1.29 is 24.5 Å². The Morgan fingerprint density at radius 1 is 0.871 bits per heavy atom. The second kappa shape index (κ2) is 9.77. The van der Waals surface area contributed by atoms with Crippen molar-refractivity contribution in [1.82, 2.24) is 0 Å². The number of aliphatic hydroxyl groups excluding tert-OH is 3. The first-order valence-corrected chi connectivity index (χ1v) is 12.7. The normalized spacial score (nSPS) is 27.1. The van der Waals surface area contributed by atoms with Crippen LogP contribution in [0.15, 0.2) is 73.3 Å². The molecule has 0 amide bonds. The lowest BCUT2D eigenvalue weighted by atomic mass is 9.94. The van der Waals surface area contributed by atoms with Crippen LogP contribution in [-0.2, 0) is 9.16 Å². The molecule has 0 aliphatic carbocycles. The van der Waals surface area contributed by atoms with Gasteiger partial charge in [0.05, 0.1) is 12.7 Å². The maximum atomic E-state index is 10.6. The standard InChI is InChI=1S/C25H34O5Si/c1-5-12-20-22(26)24(28)23(27)21(30-20)17-29-31(25(2,3)4,18-13-8-6-9-14-18)19-15-10-7-11-16-19/h5-11,13-16,20-24,26-28H,1,12,17H2,2-4H3/t20?,21-,22+,23+,24-/m1/s1. The molecule has 1 fully saturated rings. The molecule has 0 saturated carbocycles. The Kier molecular flexibility index (Phi) is 7.52. The van der Waals surface area contributed by atoms with Gasteiger partial charge in [-0.15, -0.1) is 6.58 Å². The van der Waals surface area contributed by atoms with Crippen LogP contribution in [0, 0.1) is 0 Å². The highest BCUT2D eigenvalue weighted by molar-refractivity contribution is 6.99. The van der Waals surface area contributed by atoms with E-state index in [1.807, 2.05) is 36.4 Å². The van der Waals surface area contributed by atoms with Crippen molar-refractivity contribution in [3.8, 4) is 0 Å². The van der Waals surface area contributed by atoms with Crippen LogP contribution >= 0.6 is 0 Å². The Morgan fingerprint density at radius 3 is 1.81 bits per heavy atom. The SMILES string of the molecule is C=CCC1O[C@H](CO[Si](c2ccccc2)(c2ccccc2)C(C)(C)C)[C@H](O)[C@H](O)[C@H]1O. The number of ether oxygens (including phenoxy) is 1. The van der Waals surface area contributed by atoms with E-state index in [0.717, 1.165) is 10.4 Å². The Morgan fingerprint density at radius 2 is 1.35 bits per heavy atom. The fourth-order valence-electron chi connectivity index (χ4n) is 4.49. The highest BCUT2D eigenvalue weighted by Gasteiger charge is 2.52. The van der Waals surface area contributed by atoms with Gasteiger partial charge >= 0.3 is 0 Å². The molecule has 2 aromatic carbocycles. The van der Waals surface area contributed by atoms with Gasteiger partial charge < -0.3 is 24.5 Å². The molecular weight excluding hydrogens is 408 g/mol. The average Bonchev–Trinajstić information content (AvgIpc) is 2.76. The molecular formula is C25H34O5Si. The quantitative estimate of drug-likeness (QED) is 0.452. The van der Waals surface area contributed by atoms with Crippen LogP contribution in [-0.4, -0.2) is 60.8 Å². The van der Waals surface area contributed by atoms with Gasteiger partial charge in [0.25, 0.3) is 8.32 Å². The van der Waals surface area contributed by atoms with E-state index in [2.05, 4.69) is 51.6 Å². The molecule has 31 heavy (non-hydrogen) atoms. The summed E-state index contributed by atoms with van der Waals surface area (Å²) in [6.07, 6.45) is -3.09. The van der Waals surface area contributed by atoms with E-state index in [9.17, 15) is 15.3 Å². The van der Waals surface area contributed by atoms with Gasteiger partial charge in [-0.2, -0.15) is 0 Å². The first kappa shape index (κ1) is 23.9. The lowest BCUT2D eigenvalue weighted by Crippen LogP contribution is -2.68. The maximum Gasteiger partial charge on any atom is 0.261 e. The average molecular weight is 443 g/mol. The predicted octanol–water partition coefficient (Wildman–Crippen LogP) is 1.99. The summed E-state index contributed by atoms with van der Waals surface area (Å²) in [6, 6.07) is 20.4. The van der Waals surface area contributed by atoms with E-state index in [0.29, 0.717) is 6.42 Å². The van der Waals surface area contributed by atoms with Crippen LogP contribution in [0.4, 0.5) is 0 Å². The van der Waals surface area contributed by atoms with Crippen molar-refractivity contribution in [2.45, 2.75) is 62.8 Å². The minimum atomic E-state index is -2.80. The third-order valence-corrected chi connectivity index (χ3v) is 11.1. The van der Waals surface area contributed by atoms with Crippen LogP contribution < -0.4 is 10.4 Å². The van der Waals surface area contributed by atoms with Crippen molar-refractivity contribution in [1.29, 1.82) is 0 Å². The first-order chi connectivity index (χ1) is 14.7. The van der Waals surface area contributed by atoms with Crippen LogP contribution in [0.5, 0.6) is 0 Å². The first-order valence-electron chi connectivity index (χ1n) is 10.8. The second-order valence-electron chi connectivity index (χ2n) is 9.18. The van der Waals surface area contributed by atoms with E-state index in [1.54, 1.807) is 6.08 Å². The van der Waals surface area contributed by atoms with E-state index < -0.39 is 38.8 Å². The van der Waals surface area contributed by atoms with Crippen molar-refractivity contribution in [2.24, 2.45) is 0 Å². The molecule has 0 radical (unpaired) electrons. The fourth-order valence-corrected chi connectivity index (χ4v) is 9.06. The molecule has 5 nitrogen and oxygen atoms in total. The summed E-state index contributed by atoms with van der Waals surface area (Å²) >= 11 is 0. The minimum absolute atomic E-state index is 0.103. The van der Waals surface area contributed by atoms with Crippen molar-refractivity contribution >= 4 is 18.7 Å². The van der Waals surface area contributed by atoms with E-state index in [-0.39, 0.29) is 11.6 Å². The van der Waals surface area contributed by atoms with Crippen molar-refractivity contribution in [3.63, 3.8) is 0 Å². The zero-order valence-electron chi connectivity index (χ0n) is 18.5. The van der Waals surface area contributed by atoms with Gasteiger partial charge in [-0.25, -0.2) is 0 Å². The molecule has 1 aliphatic heterocycles. The number of aliphatic hydroxyl groups is 3. The third-order valence-electron chi connectivity index (χ3n) is 6.09. The molecule has 1 heterocycles. The topological polar surface area (TPSA) is 79.2 Å². The number of hydrogen-bond donors (Lipinski definition) is 3. The van der Waals surface area contributed by atoms with Crippen LogP contribution in [0.3, 0.4) is 0 Å². The molecule has 3 N–H and O–H groups in total. The summed E-state index contributed by atoms with van der Waals surface area (Å²) in [5.41, 5.74) is 0. The van der Waals surface area contributed by atoms with Crippen LogP contribution in [0.2, 0.25) is 5.04 Å². The number of benzene rings is 2. The highest BCUT2D eigenvalue weighted by atomic mass is 28.4. The maximum absolute atomic E-state index is 10.6. The molecule has 1 aliphatic rings. The minimum Gasteiger partial charge on any atom is -0.405 e. The molecule has 5 atom stereocenters. The summed E-state index contributed by atoms with van der Waals surface area (Å²) in [4.78, 5) is 0. The summed E-state index contributed by atoms with van der Waals surface area (Å²) in [6.45, 7) is 10.3. The van der Waals surface area contributed by atoms with Gasteiger partial charge in [0.1, 0.15) is 24.4 Å². The number of rotatable bonds is 7. The van der Waals surface area contributed by atoms with Gasteiger partial charge in [0, 0.05) is 0 Å². The zero-order valence-corrected chi connectivity index (χ0v) is 19.5. The summed E-state index contributed by atoms with van der Waals surface area (Å²) < 4.78 is 12.8. The molecule has 0 aromatic heterocycles. The Labute approximate surface area is 186 Å². The van der Waals surface area contributed by atoms with Crippen molar-refractivity contribution in [2.75, 3.05) is 6.61 Å². The lowest BCUT2D eigenvalue weighted by molar-refractivity contribution is -0.226. The van der Waals surface area contributed by atoms with Crippen LogP contribution in [0.25, 0.3) is 0 Å². The van der Waals surface area contributed by atoms with Gasteiger partial charge in [-0.05, 0) is 21.8 Å². The Bertz CT molecular complexity index is 796. The monoisotopic (exact) mass is 442 g/mol. The zero-order chi connectivity index (χ0) is 22.6. The Hall–Kier alpha value is -1.80. The largest absolute Gasteiger partial charge is 0.405 e. The molecule has 6 heteroatoms. The summed E-state index contributed by atoms with van der Waals surface area (Å²) in [7, 11) is -2.80. The van der Waals surface area contributed by atoms with E-state index in [4.69, 9.17) is 9.16 Å². The van der Waals surface area contributed by atoms with Gasteiger partial charge in [0.15, 0.2) is 0 Å². The Balaban J connectivity index is 1.99. The van der Waals surface area contributed by atoms with Gasteiger partial charge in [-0.3, -0.25) is 0 Å². The van der Waals surface area contributed by atoms with Gasteiger partial charge in [-0.1, -0.05) is 87.5 Å². The molecule has 168 valence electrons. The molecule has 2 aromatic rings. The molecule has 3 rings (SSSR count). The molecule has 0 spiro atoms. The fraction of sp³-hybridized carbons (Fsp3) is 0.440. The van der Waals surface area contributed by atoms with E-state index >= 15 is 0 Å². The summed E-state index contributed by atoms with van der Waals surface area (Å²) in [5.74, 6) is 0. The molecule has 1 unspecified atom stereocenters. The molecule has 0 bridgehead atoms. The third kappa shape index (κ3) is 4.70. The highest BCUT2D eigenvalue weighted by Crippen LogP contribution is 2.37. The van der Waals surface area contributed by atoms with Gasteiger partial charge in [0.2, 0.25) is 0 Å². The number of hydrogen-bond acceptors (Lipinski definition) is 5. The van der Waals surface area contributed by atoms with E-state index in [1.165, 1.54) is 0 Å². The van der Waals surface area contributed by atoms with Crippen LogP contribution in [0.1, 0.15) is 27.2 Å². The van der Waals surface area contributed by atoms with Crippen molar-refractivity contribution in [3.05, 3.63) is 73.3 Å². The summed E-state index contributed by atoms with van der Waals surface area (Å²) in [5, 5.41) is 33.3. The molecule has 1 saturated heterocycles.